The minimum absolute atomic E-state index is 0.200. The summed E-state index contributed by atoms with van der Waals surface area (Å²) in [5.74, 6) is 0. The van der Waals surface area contributed by atoms with Gasteiger partial charge in [-0.15, -0.1) is 0 Å². The van der Waals surface area contributed by atoms with Crippen LogP contribution in [0.5, 0.6) is 0 Å². The minimum atomic E-state index is 0.200. The Hall–Kier alpha value is -0.820. The summed E-state index contributed by atoms with van der Waals surface area (Å²) in [5, 5.41) is 3.52. The first-order valence-electron chi connectivity index (χ1n) is 7.09. The van der Waals surface area contributed by atoms with Crippen molar-refractivity contribution < 1.29 is 0 Å². The van der Waals surface area contributed by atoms with Crippen molar-refractivity contribution in [2.75, 3.05) is 13.1 Å². The summed E-state index contributed by atoms with van der Waals surface area (Å²) >= 11 is 0. The van der Waals surface area contributed by atoms with E-state index in [1.807, 2.05) is 0 Å². The molecule has 0 aliphatic heterocycles. The van der Waals surface area contributed by atoms with Crippen molar-refractivity contribution in [1.29, 1.82) is 0 Å². The largest absolute Gasteiger partial charge is 0.316 e. The molecule has 18 heavy (non-hydrogen) atoms. The Morgan fingerprint density at radius 3 is 1.83 bits per heavy atom. The lowest BCUT2D eigenvalue weighted by Gasteiger charge is -2.27. The number of rotatable bonds is 5. The molecule has 1 nitrogen and oxygen atoms in total. The molecule has 1 aromatic carbocycles. The summed E-state index contributed by atoms with van der Waals surface area (Å²) in [4.78, 5) is 0. The van der Waals surface area contributed by atoms with Gasteiger partial charge in [-0.25, -0.2) is 0 Å². The van der Waals surface area contributed by atoms with Crippen molar-refractivity contribution in [2.45, 2.75) is 58.8 Å². The van der Waals surface area contributed by atoms with Crippen molar-refractivity contribution in [3.63, 3.8) is 0 Å². The molecular formula is C17H29N. The smallest absolute Gasteiger partial charge is 0.00431 e. The fourth-order valence-corrected chi connectivity index (χ4v) is 2.10. The van der Waals surface area contributed by atoms with E-state index in [-0.39, 0.29) is 10.8 Å². The fraction of sp³-hybridized carbons (Fsp3) is 0.647. The van der Waals surface area contributed by atoms with Crippen LogP contribution >= 0.6 is 0 Å². The van der Waals surface area contributed by atoms with Crippen LogP contribution in [0.3, 0.4) is 0 Å². The zero-order valence-corrected chi connectivity index (χ0v) is 12.9. The normalized spacial score (nSPS) is 12.8. The highest BCUT2D eigenvalue weighted by atomic mass is 14.9. The molecule has 0 bridgehead atoms. The monoisotopic (exact) mass is 247 g/mol. The Morgan fingerprint density at radius 2 is 1.39 bits per heavy atom. The second kappa shape index (κ2) is 5.88. The third-order valence-corrected chi connectivity index (χ3v) is 3.53. The zero-order chi connectivity index (χ0) is 13.8. The van der Waals surface area contributed by atoms with Gasteiger partial charge in [-0.1, -0.05) is 65.8 Å². The summed E-state index contributed by atoms with van der Waals surface area (Å²) in [6.45, 7) is 15.7. The highest BCUT2D eigenvalue weighted by molar-refractivity contribution is 5.31. The quantitative estimate of drug-likeness (QED) is 0.767. The molecule has 0 aromatic heterocycles. The average Bonchev–Trinajstić information content (AvgIpc) is 2.28. The van der Waals surface area contributed by atoms with Gasteiger partial charge in [0.1, 0.15) is 0 Å². The van der Waals surface area contributed by atoms with Gasteiger partial charge in [-0.2, -0.15) is 0 Å². The van der Waals surface area contributed by atoms with Crippen molar-refractivity contribution in [3.05, 3.63) is 35.4 Å². The van der Waals surface area contributed by atoms with Gasteiger partial charge >= 0.3 is 0 Å². The van der Waals surface area contributed by atoms with Gasteiger partial charge in [0.15, 0.2) is 0 Å². The third kappa shape index (κ3) is 4.13. The summed E-state index contributed by atoms with van der Waals surface area (Å²) in [7, 11) is 0. The van der Waals surface area contributed by atoms with Gasteiger partial charge in [0.2, 0.25) is 0 Å². The molecule has 0 spiro atoms. The van der Waals surface area contributed by atoms with Crippen molar-refractivity contribution in [2.24, 2.45) is 0 Å². The Balaban J connectivity index is 2.77. The second-order valence-corrected chi connectivity index (χ2v) is 6.89. The summed E-state index contributed by atoms with van der Waals surface area (Å²) in [6, 6.07) is 9.12. The molecule has 0 fully saturated rings. The maximum Gasteiger partial charge on any atom is 0.00431 e. The molecule has 0 unspecified atom stereocenters. The van der Waals surface area contributed by atoms with E-state index in [9.17, 15) is 0 Å². The molecule has 0 aliphatic rings. The number of hydrogen-bond donors (Lipinski definition) is 1. The average molecular weight is 247 g/mol. The summed E-state index contributed by atoms with van der Waals surface area (Å²) in [5.41, 5.74) is 3.26. The van der Waals surface area contributed by atoms with Crippen LogP contribution in [0.15, 0.2) is 24.3 Å². The molecule has 0 radical (unpaired) electrons. The van der Waals surface area contributed by atoms with Crippen LogP contribution in [0, 0.1) is 0 Å². The maximum absolute atomic E-state index is 3.52. The predicted octanol–water partition coefficient (Wildman–Crippen LogP) is 4.26. The molecule has 0 heterocycles. The lowest BCUT2D eigenvalue weighted by atomic mass is 9.81. The highest BCUT2D eigenvalue weighted by Gasteiger charge is 2.21. The van der Waals surface area contributed by atoms with E-state index in [0.29, 0.717) is 0 Å². The van der Waals surface area contributed by atoms with Crippen LogP contribution in [-0.2, 0) is 10.8 Å². The lowest BCUT2D eigenvalue weighted by Crippen LogP contribution is -2.33. The maximum atomic E-state index is 3.52. The van der Waals surface area contributed by atoms with Crippen LogP contribution in [0.2, 0.25) is 0 Å². The van der Waals surface area contributed by atoms with Gasteiger partial charge < -0.3 is 5.32 Å². The zero-order valence-electron chi connectivity index (χ0n) is 12.9. The summed E-state index contributed by atoms with van der Waals surface area (Å²) < 4.78 is 0. The third-order valence-electron chi connectivity index (χ3n) is 3.53. The van der Waals surface area contributed by atoms with E-state index in [1.54, 1.807) is 0 Å². The number of hydrogen-bond acceptors (Lipinski definition) is 1. The van der Waals surface area contributed by atoms with Crippen molar-refractivity contribution in [3.8, 4) is 0 Å². The molecule has 1 N–H and O–H groups in total. The number of nitrogens with one attached hydrogen (secondary N) is 1. The molecule has 0 saturated carbocycles. The van der Waals surface area contributed by atoms with Crippen LogP contribution in [0.1, 0.15) is 59.1 Å². The van der Waals surface area contributed by atoms with E-state index in [2.05, 4.69) is 71.1 Å². The molecule has 1 rings (SSSR count). The van der Waals surface area contributed by atoms with Gasteiger partial charge in [-0.3, -0.25) is 0 Å². The van der Waals surface area contributed by atoms with E-state index < -0.39 is 0 Å². The van der Waals surface area contributed by atoms with Crippen LogP contribution < -0.4 is 5.32 Å². The topological polar surface area (TPSA) is 12.0 Å². The van der Waals surface area contributed by atoms with Crippen LogP contribution in [-0.4, -0.2) is 13.1 Å². The minimum Gasteiger partial charge on any atom is -0.316 e. The molecule has 0 saturated heterocycles. The van der Waals surface area contributed by atoms with E-state index in [0.717, 1.165) is 13.1 Å². The Bertz CT molecular complexity index is 354. The molecule has 1 aromatic rings. The number of benzene rings is 1. The van der Waals surface area contributed by atoms with E-state index in [4.69, 9.17) is 0 Å². The van der Waals surface area contributed by atoms with Gasteiger partial charge in [0.05, 0.1) is 0 Å². The second-order valence-electron chi connectivity index (χ2n) is 6.89. The standard InChI is InChI=1S/C17H29N/c1-7-12-18-13-17(5,6)15-10-8-14(9-11-15)16(2,3)4/h8-11,18H,7,12-13H2,1-6H3. The van der Waals surface area contributed by atoms with Crippen LogP contribution in [0.4, 0.5) is 0 Å². The molecule has 102 valence electrons. The fourth-order valence-electron chi connectivity index (χ4n) is 2.10. The van der Waals surface area contributed by atoms with Gasteiger partial charge in [-0.05, 0) is 29.5 Å². The van der Waals surface area contributed by atoms with E-state index in [1.165, 1.54) is 17.5 Å². The lowest BCUT2D eigenvalue weighted by molar-refractivity contribution is 0.469. The van der Waals surface area contributed by atoms with Crippen LogP contribution in [0.25, 0.3) is 0 Å². The molecule has 0 aliphatic carbocycles. The Kier molecular flexibility index (Phi) is 4.98. The first kappa shape index (κ1) is 15.2. The van der Waals surface area contributed by atoms with Crippen molar-refractivity contribution >= 4 is 0 Å². The molecular weight excluding hydrogens is 218 g/mol. The summed E-state index contributed by atoms with van der Waals surface area (Å²) in [6.07, 6.45) is 1.19. The SMILES string of the molecule is CCCNCC(C)(C)c1ccc(C(C)(C)C)cc1. The van der Waals surface area contributed by atoms with Crippen molar-refractivity contribution in [1.82, 2.24) is 5.32 Å². The highest BCUT2D eigenvalue weighted by Crippen LogP contribution is 2.27. The van der Waals surface area contributed by atoms with Gasteiger partial charge in [0.25, 0.3) is 0 Å². The Morgan fingerprint density at radius 1 is 0.889 bits per heavy atom. The van der Waals surface area contributed by atoms with E-state index >= 15 is 0 Å². The molecule has 1 heteroatoms. The van der Waals surface area contributed by atoms with Gasteiger partial charge in [0, 0.05) is 12.0 Å². The Labute approximate surface area is 113 Å². The first-order valence-corrected chi connectivity index (χ1v) is 7.09. The predicted molar refractivity (Wildman–Crippen MR) is 81.3 cm³/mol. The molecule has 0 atom stereocenters. The molecule has 0 amide bonds. The first-order chi connectivity index (χ1) is 8.27.